The summed E-state index contributed by atoms with van der Waals surface area (Å²) in [6.07, 6.45) is 1.77. The summed E-state index contributed by atoms with van der Waals surface area (Å²) >= 11 is 6.01. The van der Waals surface area contributed by atoms with Crippen LogP contribution in [0.2, 0.25) is 0 Å². The average molecular weight is 221 g/mol. The number of carboxylic acids is 1. The van der Waals surface area contributed by atoms with Gasteiger partial charge in [0.1, 0.15) is 4.87 Å². The van der Waals surface area contributed by atoms with E-state index in [9.17, 15) is 4.79 Å². The van der Waals surface area contributed by atoms with E-state index in [2.05, 4.69) is 11.8 Å². The molecule has 1 N–H and O–H groups in total. The van der Waals surface area contributed by atoms with Crippen molar-refractivity contribution >= 4 is 17.6 Å². The molecule has 0 amide bonds. The molecule has 2 nitrogen and oxygen atoms in total. The van der Waals surface area contributed by atoms with Crippen molar-refractivity contribution in [2.75, 3.05) is 0 Å². The van der Waals surface area contributed by atoms with Crippen molar-refractivity contribution in [1.29, 1.82) is 0 Å². The zero-order chi connectivity index (χ0) is 10.9. The molecule has 1 fully saturated rings. The van der Waals surface area contributed by atoms with Gasteiger partial charge in [-0.3, -0.25) is 0 Å². The highest BCUT2D eigenvalue weighted by Crippen LogP contribution is 2.41. The Hall–Kier alpha value is -1.46. The molecule has 76 valence electrons. The van der Waals surface area contributed by atoms with Gasteiger partial charge in [-0.2, -0.15) is 0 Å². The number of carboxylic acid groups (broad SMARTS) is 1. The van der Waals surface area contributed by atoms with Crippen LogP contribution in [0.4, 0.5) is 0 Å². The number of rotatable bonds is 1. The molecular weight excluding hydrogens is 212 g/mol. The number of hydrogen-bond acceptors (Lipinski definition) is 1. The summed E-state index contributed by atoms with van der Waals surface area (Å²) in [5.74, 6) is 4.77. The van der Waals surface area contributed by atoms with E-state index >= 15 is 0 Å². The molecule has 3 heteroatoms. The van der Waals surface area contributed by atoms with Crippen molar-refractivity contribution in [3.8, 4) is 11.8 Å². The molecule has 0 aromatic heterocycles. The van der Waals surface area contributed by atoms with E-state index in [1.54, 1.807) is 24.3 Å². The van der Waals surface area contributed by atoms with E-state index in [1.807, 2.05) is 0 Å². The minimum atomic E-state index is -0.959. The van der Waals surface area contributed by atoms with Crippen molar-refractivity contribution in [3.05, 3.63) is 35.4 Å². The van der Waals surface area contributed by atoms with Crippen LogP contribution >= 0.6 is 11.6 Å². The summed E-state index contributed by atoms with van der Waals surface area (Å²) in [5.41, 5.74) is 0.753. The average Bonchev–Trinajstić information content (AvgIpc) is 2.95. The van der Waals surface area contributed by atoms with E-state index in [4.69, 9.17) is 16.7 Å². The van der Waals surface area contributed by atoms with Crippen molar-refractivity contribution in [1.82, 2.24) is 0 Å². The standard InChI is InChI=1S/C12H9ClO2/c13-12(7-8-12)6-5-9-3-1-2-4-10(9)11(14)15/h1-4H,7-8H2,(H,14,15). The van der Waals surface area contributed by atoms with Crippen LogP contribution in [0.5, 0.6) is 0 Å². The molecule has 0 saturated heterocycles. The second-order valence-electron chi connectivity index (χ2n) is 3.57. The van der Waals surface area contributed by atoms with Gasteiger partial charge in [-0.1, -0.05) is 24.0 Å². The smallest absolute Gasteiger partial charge is 0.336 e. The lowest BCUT2D eigenvalue weighted by molar-refractivity contribution is 0.0696. The minimum absolute atomic E-state index is 0.228. The first-order valence-corrected chi connectivity index (χ1v) is 5.03. The molecule has 1 aliphatic carbocycles. The van der Waals surface area contributed by atoms with Crippen LogP contribution in [0.1, 0.15) is 28.8 Å². The van der Waals surface area contributed by atoms with Crippen molar-refractivity contribution in [2.45, 2.75) is 17.7 Å². The van der Waals surface area contributed by atoms with Gasteiger partial charge in [0.05, 0.1) is 5.56 Å². The molecule has 15 heavy (non-hydrogen) atoms. The normalized spacial score (nSPS) is 16.3. The maximum atomic E-state index is 10.9. The van der Waals surface area contributed by atoms with Crippen molar-refractivity contribution < 1.29 is 9.90 Å². The third-order valence-corrected chi connectivity index (χ3v) is 2.74. The number of benzene rings is 1. The van der Waals surface area contributed by atoms with E-state index in [0.29, 0.717) is 5.56 Å². The first-order valence-electron chi connectivity index (χ1n) is 4.65. The maximum absolute atomic E-state index is 10.9. The quantitative estimate of drug-likeness (QED) is 0.583. The summed E-state index contributed by atoms with van der Waals surface area (Å²) in [7, 11) is 0. The molecule has 2 rings (SSSR count). The first kappa shape index (κ1) is 10.1. The molecule has 1 aromatic rings. The lowest BCUT2D eigenvalue weighted by atomic mass is 10.1. The fourth-order valence-corrected chi connectivity index (χ4v) is 1.33. The van der Waals surface area contributed by atoms with Gasteiger partial charge in [0.25, 0.3) is 0 Å². The number of alkyl halides is 1. The summed E-state index contributed by atoms with van der Waals surface area (Å²) in [4.78, 5) is 10.5. The molecule has 0 radical (unpaired) electrons. The molecule has 0 spiro atoms. The SMILES string of the molecule is O=C(O)c1ccccc1C#CC1(Cl)CC1. The van der Waals surface area contributed by atoms with Crippen LogP contribution in [-0.2, 0) is 0 Å². The van der Waals surface area contributed by atoms with Gasteiger partial charge >= 0.3 is 5.97 Å². The Kier molecular flexibility index (Phi) is 2.42. The fraction of sp³-hybridized carbons (Fsp3) is 0.250. The second-order valence-corrected chi connectivity index (χ2v) is 4.29. The van der Waals surface area contributed by atoms with Crippen molar-refractivity contribution in [3.63, 3.8) is 0 Å². The third-order valence-electron chi connectivity index (χ3n) is 2.27. The highest BCUT2D eigenvalue weighted by atomic mass is 35.5. The predicted molar refractivity (Wildman–Crippen MR) is 58.1 cm³/mol. The summed E-state index contributed by atoms with van der Waals surface area (Å²) < 4.78 is 0. The maximum Gasteiger partial charge on any atom is 0.336 e. The Labute approximate surface area is 92.9 Å². The lowest BCUT2D eigenvalue weighted by Crippen LogP contribution is -2.00. The summed E-state index contributed by atoms with van der Waals surface area (Å²) in [6.45, 7) is 0. The topological polar surface area (TPSA) is 37.3 Å². The largest absolute Gasteiger partial charge is 0.478 e. The first-order chi connectivity index (χ1) is 7.11. The fourth-order valence-electron chi connectivity index (χ4n) is 1.19. The zero-order valence-corrected chi connectivity index (χ0v) is 8.71. The van der Waals surface area contributed by atoms with Crippen LogP contribution < -0.4 is 0 Å². The van der Waals surface area contributed by atoms with Gasteiger partial charge in [0, 0.05) is 5.56 Å². The Morgan fingerprint density at radius 1 is 1.40 bits per heavy atom. The summed E-state index contributed by atoms with van der Waals surface area (Å²) in [6, 6.07) is 6.69. The predicted octanol–water partition coefficient (Wildman–Crippen LogP) is 2.51. The minimum Gasteiger partial charge on any atom is -0.478 e. The van der Waals surface area contributed by atoms with Crippen LogP contribution in [-0.4, -0.2) is 16.0 Å². The number of halogens is 1. The zero-order valence-electron chi connectivity index (χ0n) is 7.96. The highest BCUT2D eigenvalue weighted by molar-refractivity contribution is 6.28. The third kappa shape index (κ3) is 2.31. The van der Waals surface area contributed by atoms with Gasteiger partial charge in [-0.15, -0.1) is 11.6 Å². The number of carbonyl (C=O) groups is 1. The van der Waals surface area contributed by atoms with E-state index in [0.717, 1.165) is 12.8 Å². The van der Waals surface area contributed by atoms with Gasteiger partial charge in [0.15, 0.2) is 0 Å². The molecule has 0 bridgehead atoms. The Bertz CT molecular complexity index is 464. The molecular formula is C12H9ClO2. The van der Waals surface area contributed by atoms with Crippen LogP contribution in [0.3, 0.4) is 0 Å². The molecule has 0 unspecified atom stereocenters. The van der Waals surface area contributed by atoms with Gasteiger partial charge in [0.2, 0.25) is 0 Å². The molecule has 1 saturated carbocycles. The molecule has 1 aliphatic rings. The van der Waals surface area contributed by atoms with E-state index in [1.165, 1.54) is 0 Å². The van der Waals surface area contributed by atoms with Crippen LogP contribution in [0.25, 0.3) is 0 Å². The second kappa shape index (κ2) is 3.60. The Morgan fingerprint density at radius 2 is 2.07 bits per heavy atom. The highest BCUT2D eigenvalue weighted by Gasteiger charge is 2.38. The Morgan fingerprint density at radius 3 is 2.67 bits per heavy atom. The molecule has 1 aromatic carbocycles. The number of hydrogen-bond donors (Lipinski definition) is 1. The number of aromatic carboxylic acids is 1. The van der Waals surface area contributed by atoms with Gasteiger partial charge in [-0.05, 0) is 25.0 Å². The molecule has 0 aliphatic heterocycles. The van der Waals surface area contributed by atoms with Crippen molar-refractivity contribution in [2.24, 2.45) is 0 Å². The van der Waals surface area contributed by atoms with Crippen LogP contribution in [0.15, 0.2) is 24.3 Å². The summed E-state index contributed by atoms with van der Waals surface area (Å²) in [5, 5.41) is 8.91. The van der Waals surface area contributed by atoms with Crippen LogP contribution in [0, 0.1) is 11.8 Å². The monoisotopic (exact) mass is 220 g/mol. The van der Waals surface area contributed by atoms with Gasteiger partial charge in [-0.25, -0.2) is 4.79 Å². The molecule has 0 atom stereocenters. The van der Waals surface area contributed by atoms with Gasteiger partial charge < -0.3 is 5.11 Å². The van der Waals surface area contributed by atoms with E-state index in [-0.39, 0.29) is 5.56 Å². The van der Waals surface area contributed by atoms with E-state index < -0.39 is 10.8 Å². The lowest BCUT2D eigenvalue weighted by Gasteiger charge is -1.97. The molecule has 0 heterocycles. The Balaban J connectivity index is 2.34.